The molecule has 0 radical (unpaired) electrons. The molecule has 8 heteroatoms. The van der Waals surface area contributed by atoms with E-state index in [2.05, 4.69) is 22.0 Å². The van der Waals surface area contributed by atoms with Crippen molar-refractivity contribution in [1.82, 2.24) is 9.88 Å². The zero-order valence-corrected chi connectivity index (χ0v) is 21.0. The van der Waals surface area contributed by atoms with Gasteiger partial charge in [-0.2, -0.15) is 4.39 Å². The Labute approximate surface area is 210 Å². The lowest BCUT2D eigenvalue weighted by molar-refractivity contribution is 0.221. The largest absolute Gasteiger partial charge is 0.497 e. The first-order valence-corrected chi connectivity index (χ1v) is 12.5. The molecule has 5 nitrogen and oxygen atoms in total. The molecule has 34 heavy (non-hydrogen) atoms. The Balaban J connectivity index is 1.57. The zero-order chi connectivity index (χ0) is 23.9. The quantitative estimate of drug-likeness (QED) is 0.243. The number of hydrogen-bond acceptors (Lipinski definition) is 6. The van der Waals surface area contributed by atoms with E-state index in [0.29, 0.717) is 23.9 Å². The Hall–Kier alpha value is -2.48. The van der Waals surface area contributed by atoms with E-state index in [9.17, 15) is 4.39 Å². The van der Waals surface area contributed by atoms with Gasteiger partial charge in [-0.3, -0.25) is 9.21 Å². The molecule has 0 aliphatic carbocycles. The van der Waals surface area contributed by atoms with E-state index < -0.39 is 5.95 Å². The van der Waals surface area contributed by atoms with Crippen LogP contribution in [0, 0.1) is 5.95 Å². The minimum atomic E-state index is -0.528. The highest BCUT2D eigenvalue weighted by atomic mass is 35.5. The van der Waals surface area contributed by atoms with Crippen molar-refractivity contribution in [2.45, 2.75) is 37.2 Å². The molecule has 4 rings (SSSR count). The Morgan fingerprint density at radius 1 is 1.00 bits per heavy atom. The molecule has 0 saturated carbocycles. The third kappa shape index (κ3) is 6.34. The lowest BCUT2D eigenvalue weighted by Gasteiger charge is -2.27. The molecule has 180 valence electrons. The van der Waals surface area contributed by atoms with Crippen molar-refractivity contribution in [3.63, 3.8) is 0 Å². The van der Waals surface area contributed by atoms with Crippen LogP contribution in [-0.4, -0.2) is 37.2 Å². The predicted octanol–water partition coefficient (Wildman–Crippen LogP) is 6.59. The van der Waals surface area contributed by atoms with Crippen LogP contribution in [0.15, 0.2) is 59.5 Å². The maximum atomic E-state index is 14.0. The number of benzene rings is 2. The Morgan fingerprint density at radius 3 is 2.50 bits per heavy atom. The molecule has 2 heterocycles. The van der Waals surface area contributed by atoms with Gasteiger partial charge in [0.05, 0.1) is 20.8 Å². The number of pyridine rings is 1. The smallest absolute Gasteiger partial charge is 0.214 e. The van der Waals surface area contributed by atoms with Crippen LogP contribution < -0.4 is 13.8 Å². The van der Waals surface area contributed by atoms with Gasteiger partial charge in [0.2, 0.25) is 5.95 Å². The van der Waals surface area contributed by atoms with Gasteiger partial charge < -0.3 is 9.47 Å². The van der Waals surface area contributed by atoms with Crippen LogP contribution in [-0.2, 0) is 13.1 Å². The Kier molecular flexibility index (Phi) is 8.53. The minimum absolute atomic E-state index is 0.446. The van der Waals surface area contributed by atoms with Gasteiger partial charge in [-0.15, -0.1) is 0 Å². The molecule has 0 N–H and O–H groups in total. The van der Waals surface area contributed by atoms with Crippen molar-refractivity contribution in [1.29, 1.82) is 0 Å². The molecule has 0 amide bonds. The van der Waals surface area contributed by atoms with Crippen molar-refractivity contribution in [2.75, 3.05) is 31.6 Å². The summed E-state index contributed by atoms with van der Waals surface area (Å²) in [6.45, 7) is 3.55. The summed E-state index contributed by atoms with van der Waals surface area (Å²) in [6.07, 6.45) is 3.80. The van der Waals surface area contributed by atoms with Crippen LogP contribution in [0.2, 0.25) is 5.02 Å². The summed E-state index contributed by atoms with van der Waals surface area (Å²) in [5.41, 5.74) is 2.05. The van der Waals surface area contributed by atoms with Gasteiger partial charge in [-0.25, -0.2) is 4.98 Å². The predicted molar refractivity (Wildman–Crippen MR) is 136 cm³/mol. The van der Waals surface area contributed by atoms with E-state index in [1.165, 1.54) is 37.3 Å². The second-order valence-corrected chi connectivity index (χ2v) is 9.72. The number of rotatable bonds is 9. The van der Waals surface area contributed by atoms with Crippen molar-refractivity contribution in [3.05, 3.63) is 76.7 Å². The van der Waals surface area contributed by atoms with Crippen molar-refractivity contribution in [2.24, 2.45) is 0 Å². The number of halogens is 2. The monoisotopic (exact) mass is 501 g/mol. The van der Waals surface area contributed by atoms with Gasteiger partial charge in [0.1, 0.15) is 17.3 Å². The number of hydrogen-bond donors (Lipinski definition) is 0. The van der Waals surface area contributed by atoms with Gasteiger partial charge in [0.15, 0.2) is 0 Å². The summed E-state index contributed by atoms with van der Waals surface area (Å²) in [5, 5.41) is 0.741. The van der Waals surface area contributed by atoms with Gasteiger partial charge in [0.25, 0.3) is 0 Å². The fraction of sp³-hybridized carbons (Fsp3) is 0.346. The lowest BCUT2D eigenvalue weighted by Crippen LogP contribution is -2.29. The second kappa shape index (κ2) is 11.8. The summed E-state index contributed by atoms with van der Waals surface area (Å²) in [4.78, 5) is 7.51. The molecule has 1 aliphatic heterocycles. The average molecular weight is 502 g/mol. The number of ether oxygens (including phenoxy) is 2. The summed E-state index contributed by atoms with van der Waals surface area (Å²) in [6, 6.07) is 16.6. The molecule has 0 spiro atoms. The number of aromatic nitrogens is 1. The lowest BCUT2D eigenvalue weighted by atomic mass is 10.1. The maximum Gasteiger partial charge on any atom is 0.214 e. The number of piperidine rings is 1. The topological polar surface area (TPSA) is 37.8 Å². The summed E-state index contributed by atoms with van der Waals surface area (Å²) < 4.78 is 26.8. The van der Waals surface area contributed by atoms with E-state index in [1.54, 1.807) is 26.4 Å². The van der Waals surface area contributed by atoms with Crippen LogP contribution in [0.4, 0.5) is 10.2 Å². The first-order chi connectivity index (χ1) is 16.6. The third-order valence-electron chi connectivity index (χ3n) is 5.85. The van der Waals surface area contributed by atoms with Crippen LogP contribution >= 0.6 is 23.5 Å². The van der Waals surface area contributed by atoms with Crippen molar-refractivity contribution in [3.8, 4) is 11.5 Å². The molecule has 0 unspecified atom stereocenters. The highest BCUT2D eigenvalue weighted by Gasteiger charge is 2.17. The molecule has 2 aromatic carbocycles. The van der Waals surface area contributed by atoms with E-state index in [0.717, 1.165) is 40.7 Å². The van der Waals surface area contributed by atoms with Gasteiger partial charge in [-0.05, 0) is 79.8 Å². The summed E-state index contributed by atoms with van der Waals surface area (Å²) in [5.74, 6) is 1.38. The fourth-order valence-corrected chi connectivity index (χ4v) is 5.29. The molecular weight excluding hydrogens is 473 g/mol. The van der Waals surface area contributed by atoms with Gasteiger partial charge in [-0.1, -0.05) is 30.2 Å². The fourth-order valence-electron chi connectivity index (χ4n) is 4.03. The van der Waals surface area contributed by atoms with E-state index in [-0.39, 0.29) is 0 Å². The van der Waals surface area contributed by atoms with Crippen LogP contribution in [0.25, 0.3) is 0 Å². The number of methoxy groups -OCH3 is 2. The SMILES string of the molecule is COc1ccc(CN(Sc2ccc(CN3CCCCC3)c(Cl)c2)c2cccc(F)n2)c(OC)c1. The first kappa shape index (κ1) is 24.6. The Bertz CT molecular complexity index is 1110. The molecule has 3 aromatic rings. The van der Waals surface area contributed by atoms with E-state index in [1.807, 2.05) is 28.6 Å². The van der Waals surface area contributed by atoms with Crippen molar-refractivity contribution >= 4 is 29.4 Å². The summed E-state index contributed by atoms with van der Waals surface area (Å²) >= 11 is 8.14. The standard InChI is InChI=1S/C26H29ClFN3O2S/c1-32-21-11-9-20(24(15-21)33-2)18-31(26-8-6-7-25(28)29-26)34-22-12-10-19(23(27)16-22)17-30-13-4-3-5-14-30/h6-12,15-16H,3-5,13-14,17-18H2,1-2H3. The van der Waals surface area contributed by atoms with Crippen LogP contribution in [0.1, 0.15) is 30.4 Å². The zero-order valence-electron chi connectivity index (χ0n) is 19.5. The number of likely N-dealkylation sites (tertiary alicyclic amines) is 1. The first-order valence-electron chi connectivity index (χ1n) is 11.4. The molecule has 1 fully saturated rings. The third-order valence-corrected chi connectivity index (χ3v) is 7.20. The molecule has 1 aromatic heterocycles. The average Bonchev–Trinajstić information content (AvgIpc) is 2.86. The van der Waals surface area contributed by atoms with E-state index >= 15 is 0 Å². The molecule has 1 aliphatic rings. The second-order valence-electron chi connectivity index (χ2n) is 8.21. The molecular formula is C26H29ClFN3O2S. The highest BCUT2D eigenvalue weighted by Crippen LogP contribution is 2.35. The number of nitrogens with zero attached hydrogens (tertiary/aromatic N) is 3. The Morgan fingerprint density at radius 2 is 1.79 bits per heavy atom. The van der Waals surface area contributed by atoms with Crippen LogP contribution in [0.3, 0.4) is 0 Å². The maximum absolute atomic E-state index is 14.0. The highest BCUT2D eigenvalue weighted by molar-refractivity contribution is 8.00. The van der Waals surface area contributed by atoms with E-state index in [4.69, 9.17) is 21.1 Å². The van der Waals surface area contributed by atoms with Gasteiger partial charge in [0, 0.05) is 28.1 Å². The van der Waals surface area contributed by atoms with Crippen LogP contribution in [0.5, 0.6) is 11.5 Å². The van der Waals surface area contributed by atoms with Crippen molar-refractivity contribution < 1.29 is 13.9 Å². The summed E-state index contributed by atoms with van der Waals surface area (Å²) in [7, 11) is 3.24. The molecule has 0 atom stereocenters. The number of anilines is 1. The molecule has 1 saturated heterocycles. The molecule has 0 bridgehead atoms. The minimum Gasteiger partial charge on any atom is -0.497 e. The normalized spacial score (nSPS) is 14.1. The van der Waals surface area contributed by atoms with Gasteiger partial charge >= 0.3 is 0 Å².